The third kappa shape index (κ3) is 2.79. The van der Waals surface area contributed by atoms with Gasteiger partial charge in [-0.25, -0.2) is 4.99 Å². The predicted molar refractivity (Wildman–Crippen MR) is 126 cm³/mol. The van der Waals surface area contributed by atoms with Crippen LogP contribution >= 0.6 is 0 Å². The summed E-state index contributed by atoms with van der Waals surface area (Å²) >= 11 is 0. The van der Waals surface area contributed by atoms with E-state index >= 15 is 0 Å². The van der Waals surface area contributed by atoms with Gasteiger partial charge in [0.15, 0.2) is 0 Å². The zero-order chi connectivity index (χ0) is 21.7. The van der Waals surface area contributed by atoms with E-state index in [1.807, 2.05) is 84.9 Å². The Bertz CT molecular complexity index is 1470. The molecule has 0 bridgehead atoms. The van der Waals surface area contributed by atoms with Crippen LogP contribution in [0, 0.1) is 0 Å². The van der Waals surface area contributed by atoms with Crippen molar-refractivity contribution in [2.45, 2.75) is 0 Å². The van der Waals surface area contributed by atoms with Crippen LogP contribution < -0.4 is 14.8 Å². The summed E-state index contributed by atoms with van der Waals surface area (Å²) in [5.41, 5.74) is 4.23. The lowest BCUT2D eigenvalue weighted by Gasteiger charge is -2.25. The van der Waals surface area contributed by atoms with Gasteiger partial charge in [-0.05, 0) is 41.3 Å². The number of nitrogens with zero attached hydrogens (tertiary/aromatic N) is 1. The van der Waals surface area contributed by atoms with Crippen LogP contribution in [0.15, 0.2) is 95.5 Å². The molecule has 5 nitrogen and oxygen atoms in total. The fourth-order valence-corrected chi connectivity index (χ4v) is 4.26. The SMILES string of the molecule is COc1ccc(C2=C3C(=O)Nc4ccccc4N=C3Oc3c2ccc2ccccc32)cc1. The van der Waals surface area contributed by atoms with Crippen molar-refractivity contribution in [2.75, 3.05) is 12.4 Å². The molecular weight excluding hydrogens is 400 g/mol. The van der Waals surface area contributed by atoms with Crippen LogP contribution in [0.1, 0.15) is 11.1 Å². The largest absolute Gasteiger partial charge is 0.497 e. The Hall–Kier alpha value is -4.38. The average molecular weight is 418 g/mol. The first kappa shape index (κ1) is 18.4. The zero-order valence-corrected chi connectivity index (χ0v) is 17.3. The second-order valence-corrected chi connectivity index (χ2v) is 7.63. The Morgan fingerprint density at radius 3 is 2.47 bits per heavy atom. The van der Waals surface area contributed by atoms with Crippen LogP contribution in [0.5, 0.6) is 11.5 Å². The van der Waals surface area contributed by atoms with E-state index in [0.29, 0.717) is 28.6 Å². The first-order valence-corrected chi connectivity index (χ1v) is 10.3. The third-order valence-corrected chi connectivity index (χ3v) is 5.79. The first-order chi connectivity index (χ1) is 15.7. The van der Waals surface area contributed by atoms with Gasteiger partial charge in [-0.2, -0.15) is 0 Å². The van der Waals surface area contributed by atoms with Gasteiger partial charge in [-0.1, -0.05) is 54.6 Å². The van der Waals surface area contributed by atoms with Crippen LogP contribution in [0.3, 0.4) is 0 Å². The number of para-hydroxylation sites is 2. The summed E-state index contributed by atoms with van der Waals surface area (Å²) in [6.07, 6.45) is 0. The van der Waals surface area contributed by atoms with Crippen molar-refractivity contribution < 1.29 is 14.3 Å². The fourth-order valence-electron chi connectivity index (χ4n) is 4.26. The number of anilines is 1. The monoisotopic (exact) mass is 418 g/mol. The molecule has 0 unspecified atom stereocenters. The molecule has 32 heavy (non-hydrogen) atoms. The number of fused-ring (bicyclic) bond motifs is 5. The molecule has 0 aliphatic carbocycles. The number of nitrogens with one attached hydrogen (secondary N) is 1. The molecule has 0 saturated carbocycles. The van der Waals surface area contributed by atoms with Crippen LogP contribution in [0.25, 0.3) is 16.3 Å². The average Bonchev–Trinajstić information content (AvgIpc) is 2.98. The summed E-state index contributed by atoms with van der Waals surface area (Å²) in [4.78, 5) is 18.2. The van der Waals surface area contributed by atoms with E-state index in [1.54, 1.807) is 7.11 Å². The molecule has 5 heteroatoms. The number of carbonyl (C=O) groups is 1. The normalized spacial score (nSPS) is 14.4. The number of hydrogen-bond donors (Lipinski definition) is 1. The number of methoxy groups -OCH3 is 1. The number of amides is 1. The molecule has 154 valence electrons. The van der Waals surface area contributed by atoms with Gasteiger partial charge in [0.1, 0.15) is 17.1 Å². The third-order valence-electron chi connectivity index (χ3n) is 5.79. The molecule has 2 heterocycles. The number of carbonyl (C=O) groups excluding carboxylic acids is 1. The Morgan fingerprint density at radius 2 is 1.62 bits per heavy atom. The highest BCUT2D eigenvalue weighted by Gasteiger charge is 2.34. The van der Waals surface area contributed by atoms with E-state index < -0.39 is 0 Å². The maximum Gasteiger partial charge on any atom is 0.261 e. The van der Waals surface area contributed by atoms with Gasteiger partial charge in [0, 0.05) is 16.5 Å². The molecule has 0 saturated heterocycles. The maximum atomic E-state index is 13.4. The van der Waals surface area contributed by atoms with E-state index in [-0.39, 0.29) is 5.91 Å². The van der Waals surface area contributed by atoms with Gasteiger partial charge in [0.25, 0.3) is 5.91 Å². The fraction of sp³-hybridized carbons (Fsp3) is 0.0370. The second kappa shape index (κ2) is 7.10. The molecule has 0 aromatic heterocycles. The lowest BCUT2D eigenvalue weighted by Crippen LogP contribution is -2.27. The molecule has 0 fully saturated rings. The molecule has 2 aliphatic heterocycles. The molecule has 0 radical (unpaired) electrons. The molecule has 6 rings (SSSR count). The van der Waals surface area contributed by atoms with Crippen LogP contribution in [-0.2, 0) is 4.79 Å². The quantitative estimate of drug-likeness (QED) is 0.453. The minimum absolute atomic E-state index is 0.252. The molecular formula is C27H18N2O3. The van der Waals surface area contributed by atoms with Gasteiger partial charge in [-0.3, -0.25) is 4.79 Å². The van der Waals surface area contributed by atoms with Gasteiger partial charge < -0.3 is 14.8 Å². The number of ether oxygens (including phenoxy) is 2. The molecule has 0 spiro atoms. The van der Waals surface area contributed by atoms with Crippen molar-refractivity contribution in [3.05, 3.63) is 102 Å². The highest BCUT2D eigenvalue weighted by Crippen LogP contribution is 2.44. The van der Waals surface area contributed by atoms with Crippen molar-refractivity contribution in [1.29, 1.82) is 0 Å². The second-order valence-electron chi connectivity index (χ2n) is 7.63. The van der Waals surface area contributed by atoms with Crippen molar-refractivity contribution in [2.24, 2.45) is 4.99 Å². The van der Waals surface area contributed by atoms with E-state index in [1.165, 1.54) is 0 Å². The molecule has 1 amide bonds. The van der Waals surface area contributed by atoms with E-state index in [9.17, 15) is 4.79 Å². The first-order valence-electron chi connectivity index (χ1n) is 10.3. The van der Waals surface area contributed by atoms with Gasteiger partial charge in [0.2, 0.25) is 5.90 Å². The molecule has 2 aliphatic rings. The summed E-state index contributed by atoms with van der Waals surface area (Å²) in [7, 11) is 1.63. The highest BCUT2D eigenvalue weighted by atomic mass is 16.5. The maximum absolute atomic E-state index is 13.4. The summed E-state index contributed by atoms with van der Waals surface area (Å²) in [6.45, 7) is 0. The minimum Gasteiger partial charge on any atom is -0.497 e. The van der Waals surface area contributed by atoms with Gasteiger partial charge in [-0.15, -0.1) is 0 Å². The number of benzene rings is 4. The highest BCUT2D eigenvalue weighted by molar-refractivity contribution is 6.32. The molecule has 4 aromatic carbocycles. The number of aliphatic imine (C=N–C) groups is 1. The van der Waals surface area contributed by atoms with Crippen molar-refractivity contribution >= 4 is 39.5 Å². The number of rotatable bonds is 2. The summed E-state index contributed by atoms with van der Waals surface area (Å²) in [5.74, 6) is 1.49. The van der Waals surface area contributed by atoms with E-state index in [4.69, 9.17) is 14.5 Å². The minimum atomic E-state index is -0.252. The lowest BCUT2D eigenvalue weighted by molar-refractivity contribution is -0.112. The van der Waals surface area contributed by atoms with Gasteiger partial charge in [0.05, 0.1) is 18.5 Å². The van der Waals surface area contributed by atoms with Crippen molar-refractivity contribution in [1.82, 2.24) is 0 Å². The topological polar surface area (TPSA) is 59.9 Å². The summed E-state index contributed by atoms with van der Waals surface area (Å²) in [5, 5.41) is 5.02. The van der Waals surface area contributed by atoms with Crippen molar-refractivity contribution in [3.8, 4) is 11.5 Å². The van der Waals surface area contributed by atoms with Crippen molar-refractivity contribution in [3.63, 3.8) is 0 Å². The Morgan fingerprint density at radius 1 is 0.844 bits per heavy atom. The summed E-state index contributed by atoms with van der Waals surface area (Å²) < 4.78 is 11.7. The molecule has 1 N–H and O–H groups in total. The van der Waals surface area contributed by atoms with E-state index in [0.717, 1.165) is 33.2 Å². The Kier molecular flexibility index (Phi) is 4.08. The standard InChI is InChI=1S/C27H18N2O3/c1-31-18-13-10-17(11-14-18)23-20-15-12-16-6-2-3-7-19(16)25(20)32-27-24(23)26(30)28-21-8-4-5-9-22(21)29-27/h2-15H,1H3,(H,28,30). The van der Waals surface area contributed by atoms with Crippen LogP contribution in [-0.4, -0.2) is 18.9 Å². The lowest BCUT2D eigenvalue weighted by atomic mass is 9.88. The van der Waals surface area contributed by atoms with Gasteiger partial charge >= 0.3 is 0 Å². The summed E-state index contributed by atoms with van der Waals surface area (Å²) in [6, 6.07) is 27.2. The molecule has 4 aromatic rings. The Labute approximate surface area is 184 Å². The number of hydrogen-bond acceptors (Lipinski definition) is 4. The molecule has 0 atom stereocenters. The van der Waals surface area contributed by atoms with Crippen LogP contribution in [0.2, 0.25) is 0 Å². The zero-order valence-electron chi connectivity index (χ0n) is 17.3. The predicted octanol–water partition coefficient (Wildman–Crippen LogP) is 5.73. The smallest absolute Gasteiger partial charge is 0.261 e. The van der Waals surface area contributed by atoms with E-state index in [2.05, 4.69) is 5.32 Å². The Balaban J connectivity index is 1.69. The van der Waals surface area contributed by atoms with Crippen LogP contribution in [0.4, 0.5) is 11.4 Å².